The SMILES string of the molecule is Nc1ccc(S(=O)(=O)NC2CC(O)C2)cc1F. The molecule has 1 aliphatic carbocycles. The van der Waals surface area contributed by atoms with Gasteiger partial charge in [0.05, 0.1) is 16.7 Å². The molecule has 2 rings (SSSR count). The number of aliphatic hydroxyl groups is 1. The number of hydrogen-bond donors (Lipinski definition) is 3. The van der Waals surface area contributed by atoms with Crippen LogP contribution in [0.4, 0.5) is 10.1 Å². The molecule has 7 heteroatoms. The Morgan fingerprint density at radius 3 is 2.59 bits per heavy atom. The summed E-state index contributed by atoms with van der Waals surface area (Å²) < 4.78 is 39.1. The normalized spacial score (nSPS) is 24.4. The summed E-state index contributed by atoms with van der Waals surface area (Å²) >= 11 is 0. The molecule has 5 nitrogen and oxygen atoms in total. The second-order valence-electron chi connectivity index (χ2n) is 4.13. The summed E-state index contributed by atoms with van der Waals surface area (Å²) in [5.74, 6) is -0.762. The molecule has 1 aromatic carbocycles. The van der Waals surface area contributed by atoms with Gasteiger partial charge in [-0.2, -0.15) is 0 Å². The van der Waals surface area contributed by atoms with Crippen molar-refractivity contribution in [3.05, 3.63) is 24.0 Å². The molecule has 0 bridgehead atoms. The van der Waals surface area contributed by atoms with E-state index in [9.17, 15) is 12.8 Å². The fourth-order valence-corrected chi connectivity index (χ4v) is 2.92. The molecule has 1 fully saturated rings. The van der Waals surface area contributed by atoms with Crippen LogP contribution in [0.2, 0.25) is 0 Å². The zero-order valence-electron chi connectivity index (χ0n) is 8.93. The number of nitrogens with one attached hydrogen (secondary N) is 1. The van der Waals surface area contributed by atoms with Gasteiger partial charge in [-0.3, -0.25) is 0 Å². The van der Waals surface area contributed by atoms with Crippen molar-refractivity contribution in [2.45, 2.75) is 29.9 Å². The zero-order chi connectivity index (χ0) is 12.6. The third kappa shape index (κ3) is 2.56. The fourth-order valence-electron chi connectivity index (χ4n) is 1.65. The van der Waals surface area contributed by atoms with Gasteiger partial charge in [-0.1, -0.05) is 0 Å². The van der Waals surface area contributed by atoms with Crippen molar-refractivity contribution in [2.75, 3.05) is 5.73 Å². The molecular formula is C10H13FN2O3S. The lowest BCUT2D eigenvalue weighted by molar-refractivity contribution is 0.0712. The van der Waals surface area contributed by atoms with Crippen LogP contribution in [-0.2, 0) is 10.0 Å². The van der Waals surface area contributed by atoms with Crippen molar-refractivity contribution in [2.24, 2.45) is 0 Å². The van der Waals surface area contributed by atoms with Gasteiger partial charge in [0.15, 0.2) is 0 Å². The quantitative estimate of drug-likeness (QED) is 0.677. The van der Waals surface area contributed by atoms with E-state index in [-0.39, 0.29) is 16.6 Å². The van der Waals surface area contributed by atoms with Gasteiger partial charge in [-0.05, 0) is 31.0 Å². The highest BCUT2D eigenvalue weighted by molar-refractivity contribution is 7.89. The lowest BCUT2D eigenvalue weighted by atomic mass is 9.91. The summed E-state index contributed by atoms with van der Waals surface area (Å²) in [5.41, 5.74) is 5.17. The van der Waals surface area contributed by atoms with Crippen LogP contribution in [-0.4, -0.2) is 25.7 Å². The molecule has 0 aromatic heterocycles. The van der Waals surface area contributed by atoms with Crippen molar-refractivity contribution in [1.82, 2.24) is 4.72 Å². The topological polar surface area (TPSA) is 92.4 Å². The summed E-state index contributed by atoms with van der Waals surface area (Å²) in [4.78, 5) is -0.161. The van der Waals surface area contributed by atoms with Crippen molar-refractivity contribution in [3.63, 3.8) is 0 Å². The molecule has 0 atom stereocenters. The average Bonchev–Trinajstić information content (AvgIpc) is 2.19. The Balaban J connectivity index is 2.17. The van der Waals surface area contributed by atoms with E-state index in [2.05, 4.69) is 4.72 Å². The van der Waals surface area contributed by atoms with E-state index in [4.69, 9.17) is 10.8 Å². The Bertz CT molecular complexity index is 526. The fraction of sp³-hybridized carbons (Fsp3) is 0.400. The molecular weight excluding hydrogens is 247 g/mol. The van der Waals surface area contributed by atoms with Gasteiger partial charge < -0.3 is 10.8 Å². The number of rotatable bonds is 3. The van der Waals surface area contributed by atoms with Crippen molar-refractivity contribution < 1.29 is 17.9 Å². The lowest BCUT2D eigenvalue weighted by Crippen LogP contribution is -2.46. The molecule has 1 aliphatic rings. The van der Waals surface area contributed by atoms with Crippen LogP contribution in [0.3, 0.4) is 0 Å². The Morgan fingerprint density at radius 2 is 2.06 bits per heavy atom. The minimum absolute atomic E-state index is 0.0944. The standard InChI is InChI=1S/C10H13FN2O3S/c11-9-5-8(1-2-10(9)12)17(15,16)13-6-3-7(14)4-6/h1-2,5-7,13-14H,3-4,12H2. The number of sulfonamides is 1. The average molecular weight is 260 g/mol. The summed E-state index contributed by atoms with van der Waals surface area (Å²) in [6.45, 7) is 0. The van der Waals surface area contributed by atoms with Crippen LogP contribution in [0, 0.1) is 5.82 Å². The maximum Gasteiger partial charge on any atom is 0.240 e. The first-order valence-corrected chi connectivity index (χ1v) is 6.62. The maximum absolute atomic E-state index is 13.1. The molecule has 4 N–H and O–H groups in total. The second kappa shape index (κ2) is 4.25. The van der Waals surface area contributed by atoms with Crippen LogP contribution in [0.5, 0.6) is 0 Å². The van der Waals surface area contributed by atoms with Gasteiger partial charge in [0.1, 0.15) is 5.82 Å². The minimum atomic E-state index is -3.74. The van der Waals surface area contributed by atoms with E-state index >= 15 is 0 Å². The molecule has 1 saturated carbocycles. The van der Waals surface area contributed by atoms with Gasteiger partial charge in [-0.25, -0.2) is 17.5 Å². The van der Waals surface area contributed by atoms with E-state index < -0.39 is 21.9 Å². The number of aliphatic hydroxyl groups excluding tert-OH is 1. The Kier molecular flexibility index (Phi) is 3.07. The van der Waals surface area contributed by atoms with Crippen molar-refractivity contribution >= 4 is 15.7 Å². The molecule has 0 amide bonds. The predicted molar refractivity (Wildman–Crippen MR) is 60.2 cm³/mol. The Labute approximate surface area is 98.5 Å². The highest BCUT2D eigenvalue weighted by Crippen LogP contribution is 2.23. The first-order chi connectivity index (χ1) is 7.88. The van der Waals surface area contributed by atoms with Gasteiger partial charge in [0, 0.05) is 6.04 Å². The number of halogens is 1. The van der Waals surface area contributed by atoms with Crippen molar-refractivity contribution in [3.8, 4) is 0 Å². The minimum Gasteiger partial charge on any atom is -0.396 e. The second-order valence-corrected chi connectivity index (χ2v) is 5.84. The summed E-state index contributed by atoms with van der Waals surface area (Å²) in [5, 5.41) is 9.05. The lowest BCUT2D eigenvalue weighted by Gasteiger charge is -2.31. The largest absolute Gasteiger partial charge is 0.396 e. The van der Waals surface area contributed by atoms with Gasteiger partial charge in [0.2, 0.25) is 10.0 Å². The summed E-state index contributed by atoms with van der Waals surface area (Å²) in [6.07, 6.45) is 0.318. The molecule has 0 radical (unpaired) electrons. The molecule has 0 saturated heterocycles. The predicted octanol–water partition coefficient (Wildman–Crippen LogP) is 0.209. The number of hydrogen-bond acceptors (Lipinski definition) is 4. The zero-order valence-corrected chi connectivity index (χ0v) is 9.74. The molecule has 0 unspecified atom stereocenters. The van der Waals surface area contributed by atoms with Crippen LogP contribution in [0.15, 0.2) is 23.1 Å². The molecule has 1 aromatic rings. The van der Waals surface area contributed by atoms with Gasteiger partial charge in [-0.15, -0.1) is 0 Å². The smallest absolute Gasteiger partial charge is 0.240 e. The highest BCUT2D eigenvalue weighted by atomic mass is 32.2. The van der Waals surface area contributed by atoms with E-state index in [1.54, 1.807) is 0 Å². The number of benzene rings is 1. The van der Waals surface area contributed by atoms with Gasteiger partial charge in [0.25, 0.3) is 0 Å². The summed E-state index contributed by atoms with van der Waals surface area (Å²) in [7, 11) is -3.74. The van der Waals surface area contributed by atoms with Crippen LogP contribution < -0.4 is 10.5 Å². The van der Waals surface area contributed by atoms with E-state index in [0.29, 0.717) is 12.8 Å². The summed E-state index contributed by atoms with van der Waals surface area (Å²) in [6, 6.07) is 3.05. The van der Waals surface area contributed by atoms with E-state index in [1.807, 2.05) is 0 Å². The van der Waals surface area contributed by atoms with E-state index in [0.717, 1.165) is 6.07 Å². The number of nitrogens with two attached hydrogens (primary N) is 1. The maximum atomic E-state index is 13.1. The first kappa shape index (κ1) is 12.3. The molecule has 0 spiro atoms. The van der Waals surface area contributed by atoms with Gasteiger partial charge >= 0.3 is 0 Å². The molecule has 17 heavy (non-hydrogen) atoms. The van der Waals surface area contributed by atoms with E-state index in [1.165, 1.54) is 12.1 Å². The molecule has 0 heterocycles. The monoisotopic (exact) mass is 260 g/mol. The first-order valence-electron chi connectivity index (χ1n) is 5.14. The number of nitrogen functional groups attached to an aromatic ring is 1. The van der Waals surface area contributed by atoms with Crippen LogP contribution >= 0.6 is 0 Å². The van der Waals surface area contributed by atoms with Crippen LogP contribution in [0.1, 0.15) is 12.8 Å². The van der Waals surface area contributed by atoms with Crippen LogP contribution in [0.25, 0.3) is 0 Å². The third-order valence-corrected chi connectivity index (χ3v) is 4.24. The Morgan fingerprint density at radius 1 is 1.41 bits per heavy atom. The third-order valence-electron chi connectivity index (χ3n) is 2.72. The number of anilines is 1. The Hall–Kier alpha value is -1.18. The van der Waals surface area contributed by atoms with Crippen molar-refractivity contribution in [1.29, 1.82) is 0 Å². The molecule has 0 aliphatic heterocycles. The highest BCUT2D eigenvalue weighted by Gasteiger charge is 2.31. The molecule has 94 valence electrons.